The van der Waals surface area contributed by atoms with E-state index in [-0.39, 0.29) is 22.6 Å². The Hall–Kier alpha value is -3.29. The molecule has 0 unspecified atom stereocenters. The van der Waals surface area contributed by atoms with Crippen LogP contribution in [0.25, 0.3) is 0 Å². The normalized spacial score (nSPS) is 11.6. The first-order valence-electron chi connectivity index (χ1n) is 8.10. The topological polar surface area (TPSA) is 115 Å². The molecule has 1 heterocycles. The number of ether oxygens (including phenoxy) is 3. The maximum Gasteiger partial charge on any atom is 0.342 e. The fraction of sp³-hybridized carbons (Fsp3) is 0.316. The van der Waals surface area contributed by atoms with E-state index in [4.69, 9.17) is 14.2 Å². The Balaban J connectivity index is 2.21. The predicted molar refractivity (Wildman–Crippen MR) is 95.5 cm³/mol. The van der Waals surface area contributed by atoms with Crippen LogP contribution in [0.15, 0.2) is 18.2 Å². The number of carbonyl (C=O) groups excluding carboxylic acids is 3. The number of rotatable bonds is 6. The smallest absolute Gasteiger partial charge is 0.342 e. The van der Waals surface area contributed by atoms with Gasteiger partial charge < -0.3 is 24.3 Å². The Morgan fingerprint density at radius 2 is 1.78 bits per heavy atom. The first-order valence-corrected chi connectivity index (χ1v) is 8.10. The van der Waals surface area contributed by atoms with Gasteiger partial charge >= 0.3 is 11.9 Å². The molecule has 1 aromatic heterocycles. The van der Waals surface area contributed by atoms with Gasteiger partial charge in [0.1, 0.15) is 17.1 Å². The summed E-state index contributed by atoms with van der Waals surface area (Å²) in [7, 11) is 2.68. The summed E-state index contributed by atoms with van der Waals surface area (Å²) < 4.78 is 14.8. The number of hydrogen-bond acceptors (Lipinski definition) is 7. The molecule has 2 aromatic rings. The van der Waals surface area contributed by atoms with E-state index in [2.05, 4.69) is 4.98 Å². The standard InChI is InChI=1S/C19H21NO7/c1-9-15(19(24)26-5)10(2)20-16(9)17(22)11(3)27-18(23)13-7-6-12(25-4)8-14(13)21/h6-8,11,20-21H,1-5H3/t11-/m0/s1. The number of ketones is 1. The van der Waals surface area contributed by atoms with Gasteiger partial charge in [-0.3, -0.25) is 4.79 Å². The van der Waals surface area contributed by atoms with Crippen molar-refractivity contribution < 1.29 is 33.7 Å². The zero-order chi connectivity index (χ0) is 20.3. The van der Waals surface area contributed by atoms with Crippen LogP contribution >= 0.6 is 0 Å². The molecule has 1 atom stereocenters. The molecule has 0 spiro atoms. The van der Waals surface area contributed by atoms with Crippen molar-refractivity contribution in [2.75, 3.05) is 14.2 Å². The van der Waals surface area contributed by atoms with Crippen molar-refractivity contribution in [3.05, 3.63) is 46.3 Å². The van der Waals surface area contributed by atoms with Gasteiger partial charge in [-0.15, -0.1) is 0 Å². The molecule has 0 aliphatic carbocycles. The first-order chi connectivity index (χ1) is 12.7. The molecule has 2 N–H and O–H groups in total. The van der Waals surface area contributed by atoms with Gasteiger partial charge in [-0.25, -0.2) is 9.59 Å². The molecule has 8 heteroatoms. The van der Waals surface area contributed by atoms with Gasteiger partial charge in [0, 0.05) is 11.8 Å². The minimum atomic E-state index is -1.14. The summed E-state index contributed by atoms with van der Waals surface area (Å²) in [5, 5.41) is 9.91. The third-order valence-electron chi connectivity index (χ3n) is 4.15. The van der Waals surface area contributed by atoms with Gasteiger partial charge in [-0.2, -0.15) is 0 Å². The van der Waals surface area contributed by atoms with E-state index in [9.17, 15) is 19.5 Å². The van der Waals surface area contributed by atoms with Crippen molar-refractivity contribution in [1.29, 1.82) is 0 Å². The summed E-state index contributed by atoms with van der Waals surface area (Å²) in [6, 6.07) is 4.10. The minimum absolute atomic E-state index is 0.0925. The molecule has 0 saturated carbocycles. The monoisotopic (exact) mass is 375 g/mol. The average Bonchev–Trinajstić information content (AvgIpc) is 2.94. The second-order valence-electron chi connectivity index (χ2n) is 5.91. The number of methoxy groups -OCH3 is 2. The summed E-state index contributed by atoms with van der Waals surface area (Å²) >= 11 is 0. The van der Waals surface area contributed by atoms with Gasteiger partial charge in [-0.05, 0) is 38.5 Å². The molecule has 0 saturated heterocycles. The van der Waals surface area contributed by atoms with Crippen molar-refractivity contribution in [2.45, 2.75) is 26.9 Å². The van der Waals surface area contributed by atoms with Crippen LogP contribution in [0.2, 0.25) is 0 Å². The fourth-order valence-corrected chi connectivity index (χ4v) is 2.70. The Morgan fingerprint density at radius 3 is 2.33 bits per heavy atom. The lowest BCUT2D eigenvalue weighted by atomic mass is 10.1. The molecule has 1 aromatic carbocycles. The maximum atomic E-state index is 12.7. The van der Waals surface area contributed by atoms with Crippen LogP contribution in [-0.4, -0.2) is 48.1 Å². The highest BCUT2D eigenvalue weighted by Gasteiger charge is 2.28. The molecule has 0 aliphatic rings. The molecule has 0 amide bonds. The van der Waals surface area contributed by atoms with Crippen LogP contribution in [0.3, 0.4) is 0 Å². The van der Waals surface area contributed by atoms with Crippen LogP contribution < -0.4 is 4.74 Å². The Kier molecular flexibility index (Phi) is 5.89. The fourth-order valence-electron chi connectivity index (χ4n) is 2.70. The number of carbonyl (C=O) groups is 3. The molecular formula is C19H21NO7. The van der Waals surface area contributed by atoms with Gasteiger partial charge in [0.15, 0.2) is 6.10 Å². The van der Waals surface area contributed by atoms with Gasteiger partial charge in [0.25, 0.3) is 0 Å². The molecule has 2 rings (SSSR count). The van der Waals surface area contributed by atoms with Crippen molar-refractivity contribution in [3.8, 4) is 11.5 Å². The zero-order valence-electron chi connectivity index (χ0n) is 15.7. The van der Waals surface area contributed by atoms with Crippen molar-refractivity contribution in [1.82, 2.24) is 4.98 Å². The van der Waals surface area contributed by atoms with Crippen LogP contribution in [0.5, 0.6) is 11.5 Å². The number of aryl methyl sites for hydroxylation is 1. The number of aromatic hydroxyl groups is 1. The summed E-state index contributed by atoms with van der Waals surface area (Å²) in [5.41, 5.74) is 1.23. The third-order valence-corrected chi connectivity index (χ3v) is 4.15. The third kappa shape index (κ3) is 3.94. The zero-order valence-corrected chi connectivity index (χ0v) is 15.7. The highest BCUT2D eigenvalue weighted by molar-refractivity contribution is 6.04. The number of hydrogen-bond donors (Lipinski definition) is 2. The largest absolute Gasteiger partial charge is 0.507 e. The summed E-state index contributed by atoms with van der Waals surface area (Å²) in [4.78, 5) is 39.6. The highest BCUT2D eigenvalue weighted by Crippen LogP contribution is 2.25. The minimum Gasteiger partial charge on any atom is -0.507 e. The number of nitrogens with one attached hydrogen (secondary N) is 1. The number of phenolic OH excluding ortho intramolecular Hbond substituents is 1. The van der Waals surface area contributed by atoms with E-state index in [1.807, 2.05) is 0 Å². The van der Waals surface area contributed by atoms with E-state index in [1.54, 1.807) is 13.8 Å². The van der Waals surface area contributed by atoms with E-state index < -0.39 is 23.8 Å². The van der Waals surface area contributed by atoms with E-state index in [0.717, 1.165) is 0 Å². The van der Waals surface area contributed by atoms with Crippen LogP contribution in [0.1, 0.15) is 49.4 Å². The SMILES string of the molecule is COC(=O)c1c(C)[nH]c(C(=O)[C@H](C)OC(=O)c2ccc(OC)cc2O)c1C. The molecule has 0 radical (unpaired) electrons. The Morgan fingerprint density at radius 1 is 1.11 bits per heavy atom. The molecule has 27 heavy (non-hydrogen) atoms. The number of benzene rings is 1. The van der Waals surface area contributed by atoms with Crippen LogP contribution in [0, 0.1) is 13.8 Å². The second-order valence-corrected chi connectivity index (χ2v) is 5.91. The van der Waals surface area contributed by atoms with Crippen molar-refractivity contribution in [2.24, 2.45) is 0 Å². The number of aromatic nitrogens is 1. The van der Waals surface area contributed by atoms with E-state index >= 15 is 0 Å². The molecule has 144 valence electrons. The van der Waals surface area contributed by atoms with E-state index in [1.165, 1.54) is 39.3 Å². The lowest BCUT2D eigenvalue weighted by molar-refractivity contribution is 0.0314. The molecule has 0 bridgehead atoms. The van der Waals surface area contributed by atoms with Crippen LogP contribution in [0.4, 0.5) is 0 Å². The van der Waals surface area contributed by atoms with Crippen molar-refractivity contribution >= 4 is 17.7 Å². The number of phenols is 1. The first kappa shape index (κ1) is 20.0. The second kappa shape index (κ2) is 7.94. The van der Waals surface area contributed by atoms with Gasteiger partial charge in [0.05, 0.1) is 25.5 Å². The summed E-state index contributed by atoms with van der Waals surface area (Å²) in [6.07, 6.45) is -1.14. The Labute approximate surface area is 156 Å². The quantitative estimate of drug-likeness (QED) is 0.589. The summed E-state index contributed by atoms with van der Waals surface area (Å²) in [6.45, 7) is 4.66. The number of aromatic amines is 1. The lowest BCUT2D eigenvalue weighted by Crippen LogP contribution is -2.25. The van der Waals surface area contributed by atoms with Gasteiger partial charge in [0.2, 0.25) is 5.78 Å². The number of H-pyrrole nitrogens is 1. The Bertz CT molecular complexity index is 898. The molecular weight excluding hydrogens is 354 g/mol. The lowest BCUT2D eigenvalue weighted by Gasteiger charge is -2.13. The predicted octanol–water partition coefficient (Wildman–Crippen LogP) is 2.56. The number of Topliss-reactive ketones (excluding diaryl/α,β-unsaturated/α-hetero) is 1. The van der Waals surface area contributed by atoms with Crippen LogP contribution in [-0.2, 0) is 9.47 Å². The van der Waals surface area contributed by atoms with Gasteiger partial charge in [-0.1, -0.05) is 0 Å². The number of esters is 2. The molecule has 0 aliphatic heterocycles. The average molecular weight is 375 g/mol. The highest BCUT2D eigenvalue weighted by atomic mass is 16.5. The molecule has 8 nitrogen and oxygen atoms in total. The summed E-state index contributed by atoms with van der Waals surface area (Å²) in [5.74, 6) is -1.87. The maximum absolute atomic E-state index is 12.7. The van der Waals surface area contributed by atoms with Crippen molar-refractivity contribution in [3.63, 3.8) is 0 Å². The molecule has 0 fully saturated rings. The van der Waals surface area contributed by atoms with E-state index in [0.29, 0.717) is 17.0 Å².